The molecule has 0 bridgehead atoms. The fraction of sp³-hybridized carbons (Fsp3) is 0.500. The normalized spacial score (nSPS) is 25.8. The number of aliphatic hydroxyl groups excluding tert-OH is 1. The predicted octanol–water partition coefficient (Wildman–Crippen LogP) is 4.46. The molecule has 164 valence electrons. The Morgan fingerprint density at radius 1 is 1.03 bits per heavy atom. The molecular formula is C26H31ClN2O2. The summed E-state index contributed by atoms with van der Waals surface area (Å²) in [5.74, 6) is 0.577. The minimum absolute atomic E-state index is 0.0219. The van der Waals surface area contributed by atoms with E-state index in [4.69, 9.17) is 11.6 Å². The van der Waals surface area contributed by atoms with Gasteiger partial charge in [0.1, 0.15) is 0 Å². The topological polar surface area (TPSA) is 43.8 Å². The summed E-state index contributed by atoms with van der Waals surface area (Å²) >= 11 is 6.18. The number of likely N-dealkylation sites (tertiary alicyclic amines) is 2. The zero-order chi connectivity index (χ0) is 21.4. The molecule has 1 amide bonds. The van der Waals surface area contributed by atoms with Gasteiger partial charge >= 0.3 is 0 Å². The number of amides is 1. The van der Waals surface area contributed by atoms with Crippen LogP contribution < -0.4 is 0 Å². The van der Waals surface area contributed by atoms with E-state index in [1.54, 1.807) is 0 Å². The van der Waals surface area contributed by atoms with Crippen molar-refractivity contribution < 1.29 is 9.90 Å². The second kappa shape index (κ2) is 8.57. The Kier molecular flexibility index (Phi) is 5.80. The van der Waals surface area contributed by atoms with Crippen LogP contribution in [0.3, 0.4) is 0 Å². The number of benzene rings is 2. The number of aliphatic hydroxyl groups is 1. The largest absolute Gasteiger partial charge is 0.394 e. The second-order valence-corrected chi connectivity index (χ2v) is 10.00. The third-order valence-corrected chi connectivity index (χ3v) is 7.84. The van der Waals surface area contributed by atoms with Gasteiger partial charge in [0, 0.05) is 36.5 Å². The Bertz CT molecular complexity index is 922. The number of rotatable bonds is 5. The van der Waals surface area contributed by atoms with Crippen LogP contribution in [0.5, 0.6) is 0 Å². The summed E-state index contributed by atoms with van der Waals surface area (Å²) in [5, 5.41) is 11.1. The zero-order valence-electron chi connectivity index (χ0n) is 17.9. The third kappa shape index (κ3) is 3.69. The van der Waals surface area contributed by atoms with Crippen molar-refractivity contribution in [2.24, 2.45) is 5.92 Å². The molecule has 0 aromatic heterocycles. The van der Waals surface area contributed by atoms with Gasteiger partial charge in [-0.15, -0.1) is 0 Å². The van der Waals surface area contributed by atoms with Crippen LogP contribution in [0.25, 0.3) is 0 Å². The van der Waals surface area contributed by atoms with Gasteiger partial charge in [-0.25, -0.2) is 0 Å². The number of carbonyl (C=O) groups excluding carboxylic acids is 1. The van der Waals surface area contributed by atoms with Gasteiger partial charge in [-0.1, -0.05) is 73.3 Å². The minimum atomic E-state index is -0.206. The number of halogens is 1. The molecule has 2 heterocycles. The first kappa shape index (κ1) is 21.0. The molecular weight excluding hydrogens is 408 g/mol. The van der Waals surface area contributed by atoms with Crippen LogP contribution in [0.1, 0.15) is 49.1 Å². The highest BCUT2D eigenvalue weighted by Crippen LogP contribution is 2.55. The van der Waals surface area contributed by atoms with E-state index < -0.39 is 0 Å². The summed E-state index contributed by atoms with van der Waals surface area (Å²) in [6.45, 7) is 2.54. The highest BCUT2D eigenvalue weighted by atomic mass is 35.5. The summed E-state index contributed by atoms with van der Waals surface area (Å²) in [7, 11) is 0. The van der Waals surface area contributed by atoms with E-state index in [0.29, 0.717) is 0 Å². The summed E-state index contributed by atoms with van der Waals surface area (Å²) in [6, 6.07) is 18.3. The van der Waals surface area contributed by atoms with E-state index >= 15 is 0 Å². The average molecular weight is 439 g/mol. The van der Waals surface area contributed by atoms with E-state index in [2.05, 4.69) is 40.1 Å². The lowest BCUT2D eigenvalue weighted by Crippen LogP contribution is -2.85. The van der Waals surface area contributed by atoms with Crippen LogP contribution in [-0.4, -0.2) is 52.1 Å². The number of hydrogen-bond donors (Lipinski definition) is 1. The van der Waals surface area contributed by atoms with Crippen molar-refractivity contribution in [1.29, 1.82) is 0 Å². The molecule has 2 aromatic rings. The van der Waals surface area contributed by atoms with Gasteiger partial charge in [0.15, 0.2) is 0 Å². The number of carbonyl (C=O) groups is 1. The number of nitrogens with zero attached hydrogens (tertiary/aromatic N) is 2. The molecule has 2 aliphatic heterocycles. The molecule has 2 atom stereocenters. The summed E-state index contributed by atoms with van der Waals surface area (Å²) < 4.78 is 0. The first-order valence-electron chi connectivity index (χ1n) is 11.6. The van der Waals surface area contributed by atoms with Gasteiger partial charge in [0.25, 0.3) is 0 Å². The van der Waals surface area contributed by atoms with Gasteiger partial charge in [-0.2, -0.15) is 0 Å². The molecule has 2 saturated heterocycles. The Morgan fingerprint density at radius 2 is 1.77 bits per heavy atom. The van der Waals surface area contributed by atoms with E-state index in [1.807, 2.05) is 24.3 Å². The lowest BCUT2D eigenvalue weighted by molar-refractivity contribution is -0.205. The van der Waals surface area contributed by atoms with Crippen LogP contribution in [0.15, 0.2) is 54.6 Å². The van der Waals surface area contributed by atoms with Gasteiger partial charge < -0.3 is 10.0 Å². The van der Waals surface area contributed by atoms with Crippen LogP contribution >= 0.6 is 11.6 Å². The molecule has 3 aliphatic rings. The molecule has 1 N–H and O–H groups in total. The molecule has 0 radical (unpaired) electrons. The highest BCUT2D eigenvalue weighted by molar-refractivity contribution is 6.30. The van der Waals surface area contributed by atoms with E-state index in [9.17, 15) is 9.90 Å². The fourth-order valence-electron chi connectivity index (χ4n) is 6.30. The van der Waals surface area contributed by atoms with Gasteiger partial charge in [0.2, 0.25) is 5.91 Å². The van der Waals surface area contributed by atoms with Crippen LogP contribution in [0, 0.1) is 5.92 Å². The molecule has 31 heavy (non-hydrogen) atoms. The molecule has 4 nitrogen and oxygen atoms in total. The SMILES string of the molecule is O=C(C1CCCCC1)N1[C@@H](CO)[C@@H](c2ccccc2)C12CN(Cc1cccc(Cl)c1)C2. The van der Waals surface area contributed by atoms with Crippen molar-refractivity contribution in [2.75, 3.05) is 19.7 Å². The Balaban J connectivity index is 1.40. The quantitative estimate of drug-likeness (QED) is 0.749. The lowest BCUT2D eigenvalue weighted by Gasteiger charge is -2.71. The maximum absolute atomic E-state index is 13.6. The number of hydrogen-bond acceptors (Lipinski definition) is 3. The van der Waals surface area contributed by atoms with Crippen LogP contribution in [0.2, 0.25) is 5.02 Å². The molecule has 3 fully saturated rings. The van der Waals surface area contributed by atoms with Crippen molar-refractivity contribution in [3.05, 3.63) is 70.7 Å². The van der Waals surface area contributed by atoms with E-state index in [1.165, 1.54) is 17.5 Å². The third-order valence-electron chi connectivity index (χ3n) is 7.60. The van der Waals surface area contributed by atoms with E-state index in [-0.39, 0.29) is 35.9 Å². The Hall–Kier alpha value is -1.88. The highest BCUT2D eigenvalue weighted by Gasteiger charge is 2.67. The van der Waals surface area contributed by atoms with Crippen molar-refractivity contribution in [3.63, 3.8) is 0 Å². The van der Waals surface area contributed by atoms with Crippen LogP contribution in [0.4, 0.5) is 0 Å². The first-order chi connectivity index (χ1) is 15.1. The van der Waals surface area contributed by atoms with Crippen molar-refractivity contribution in [2.45, 2.75) is 56.1 Å². The lowest BCUT2D eigenvalue weighted by atomic mass is 9.60. The predicted molar refractivity (Wildman–Crippen MR) is 123 cm³/mol. The van der Waals surface area contributed by atoms with Gasteiger partial charge in [-0.3, -0.25) is 9.69 Å². The molecule has 1 aliphatic carbocycles. The summed E-state index contributed by atoms with van der Waals surface area (Å²) in [5.41, 5.74) is 2.22. The monoisotopic (exact) mass is 438 g/mol. The molecule has 2 aromatic carbocycles. The standard InChI is InChI=1S/C26H31ClN2O2/c27-22-13-7-8-19(14-22)15-28-17-26(18-28)24(20-9-3-1-4-10-20)23(16-30)29(26)25(31)21-11-5-2-6-12-21/h1,3-4,7-10,13-14,21,23-24,30H,2,5-6,11-12,15-18H2/t23-,24+/m0/s1. The van der Waals surface area contributed by atoms with Crippen molar-refractivity contribution >= 4 is 17.5 Å². The molecule has 0 unspecified atom stereocenters. The van der Waals surface area contributed by atoms with Crippen LogP contribution in [-0.2, 0) is 11.3 Å². The Morgan fingerprint density at radius 3 is 2.45 bits per heavy atom. The first-order valence-corrected chi connectivity index (χ1v) is 12.0. The molecule has 1 saturated carbocycles. The van der Waals surface area contributed by atoms with E-state index in [0.717, 1.165) is 50.3 Å². The fourth-order valence-corrected chi connectivity index (χ4v) is 6.51. The smallest absolute Gasteiger partial charge is 0.226 e. The van der Waals surface area contributed by atoms with Crippen molar-refractivity contribution in [3.8, 4) is 0 Å². The van der Waals surface area contributed by atoms with Gasteiger partial charge in [0.05, 0.1) is 18.2 Å². The van der Waals surface area contributed by atoms with Crippen molar-refractivity contribution in [1.82, 2.24) is 9.80 Å². The minimum Gasteiger partial charge on any atom is -0.394 e. The molecule has 1 spiro atoms. The second-order valence-electron chi connectivity index (χ2n) is 9.56. The molecule has 5 rings (SSSR count). The average Bonchev–Trinajstić information content (AvgIpc) is 2.76. The molecule has 5 heteroatoms. The Labute approximate surface area is 189 Å². The summed E-state index contributed by atoms with van der Waals surface area (Å²) in [6.07, 6.45) is 5.50. The van der Waals surface area contributed by atoms with Gasteiger partial charge in [-0.05, 0) is 36.1 Å². The maximum atomic E-state index is 13.6. The maximum Gasteiger partial charge on any atom is 0.226 e. The summed E-state index contributed by atoms with van der Waals surface area (Å²) in [4.78, 5) is 18.1. The zero-order valence-corrected chi connectivity index (χ0v) is 18.7.